The van der Waals surface area contributed by atoms with Gasteiger partial charge >= 0.3 is 0 Å². The Labute approximate surface area is 116 Å². The second kappa shape index (κ2) is 5.69. The zero-order valence-electron chi connectivity index (χ0n) is 11.3. The second-order valence-electron chi connectivity index (χ2n) is 4.70. The summed E-state index contributed by atoms with van der Waals surface area (Å²) < 4.78 is 13.4. The van der Waals surface area contributed by atoms with Crippen molar-refractivity contribution < 1.29 is 9.31 Å². The van der Waals surface area contributed by atoms with Crippen LogP contribution in [0.5, 0.6) is 0 Å². The van der Waals surface area contributed by atoms with Crippen molar-refractivity contribution in [3.8, 4) is 0 Å². The highest BCUT2D eigenvalue weighted by atomic mass is 19.1. The summed E-state index contributed by atoms with van der Waals surface area (Å²) in [6.45, 7) is 3.87. The van der Waals surface area contributed by atoms with Gasteiger partial charge in [-0.05, 0) is 43.2 Å². The SMILES string of the molecule is Cc1ccc(CNc2ccc([N+](=O)[O-])c(C)c2)cc1F. The predicted octanol–water partition coefficient (Wildman–Crippen LogP) is 3.96. The fourth-order valence-corrected chi connectivity index (χ4v) is 1.92. The number of anilines is 1. The van der Waals surface area contributed by atoms with Crippen LogP contribution in [0.2, 0.25) is 0 Å². The zero-order valence-corrected chi connectivity index (χ0v) is 11.3. The highest BCUT2D eigenvalue weighted by Crippen LogP contribution is 2.22. The Morgan fingerprint density at radius 3 is 2.50 bits per heavy atom. The Balaban J connectivity index is 2.09. The van der Waals surface area contributed by atoms with Crippen molar-refractivity contribution in [3.05, 3.63) is 69.0 Å². The molecule has 2 aromatic carbocycles. The highest BCUT2D eigenvalue weighted by molar-refractivity contribution is 5.53. The number of nitro benzene ring substituents is 1. The zero-order chi connectivity index (χ0) is 14.7. The molecule has 0 bridgehead atoms. The summed E-state index contributed by atoms with van der Waals surface area (Å²) in [6.07, 6.45) is 0. The molecule has 1 N–H and O–H groups in total. The third-order valence-corrected chi connectivity index (χ3v) is 3.13. The Hall–Kier alpha value is -2.43. The van der Waals surface area contributed by atoms with E-state index in [4.69, 9.17) is 0 Å². The number of aryl methyl sites for hydroxylation is 2. The number of hydrogen-bond donors (Lipinski definition) is 1. The first-order chi connectivity index (χ1) is 9.47. The number of halogens is 1. The molecule has 0 radical (unpaired) electrons. The van der Waals surface area contributed by atoms with Crippen LogP contribution in [0.15, 0.2) is 36.4 Å². The van der Waals surface area contributed by atoms with E-state index in [0.29, 0.717) is 17.7 Å². The number of nitro groups is 1. The lowest BCUT2D eigenvalue weighted by atomic mass is 10.1. The summed E-state index contributed by atoms with van der Waals surface area (Å²) in [7, 11) is 0. The van der Waals surface area contributed by atoms with Gasteiger partial charge in [0.25, 0.3) is 5.69 Å². The Morgan fingerprint density at radius 1 is 1.15 bits per heavy atom. The van der Waals surface area contributed by atoms with Crippen LogP contribution in [0.3, 0.4) is 0 Å². The summed E-state index contributed by atoms with van der Waals surface area (Å²) in [5.74, 6) is -0.232. The molecule has 0 aliphatic heterocycles. The molecule has 0 unspecified atom stereocenters. The Bertz CT molecular complexity index is 656. The van der Waals surface area contributed by atoms with Crippen molar-refractivity contribution in [2.75, 3.05) is 5.32 Å². The average Bonchev–Trinajstić information content (AvgIpc) is 2.40. The number of rotatable bonds is 4. The highest BCUT2D eigenvalue weighted by Gasteiger charge is 2.09. The van der Waals surface area contributed by atoms with Gasteiger partial charge in [0.15, 0.2) is 0 Å². The van der Waals surface area contributed by atoms with Gasteiger partial charge < -0.3 is 5.32 Å². The lowest BCUT2D eigenvalue weighted by molar-refractivity contribution is -0.385. The standard InChI is InChI=1S/C15H15FN2O2/c1-10-3-4-12(8-14(10)16)9-17-13-5-6-15(18(19)20)11(2)7-13/h3-8,17H,9H2,1-2H3. The summed E-state index contributed by atoms with van der Waals surface area (Å²) >= 11 is 0. The first-order valence-electron chi connectivity index (χ1n) is 6.21. The maximum absolute atomic E-state index is 13.4. The summed E-state index contributed by atoms with van der Waals surface area (Å²) in [5, 5.41) is 13.9. The Morgan fingerprint density at radius 2 is 1.90 bits per heavy atom. The number of benzene rings is 2. The summed E-state index contributed by atoms with van der Waals surface area (Å²) in [6, 6.07) is 9.89. The van der Waals surface area contributed by atoms with Crippen LogP contribution in [0.4, 0.5) is 15.8 Å². The molecule has 0 aliphatic carbocycles. The van der Waals surface area contributed by atoms with Crippen LogP contribution in [-0.2, 0) is 6.54 Å². The van der Waals surface area contributed by atoms with Crippen LogP contribution >= 0.6 is 0 Å². The molecule has 2 aromatic rings. The second-order valence-corrected chi connectivity index (χ2v) is 4.70. The van der Waals surface area contributed by atoms with Gasteiger partial charge in [-0.1, -0.05) is 12.1 Å². The monoisotopic (exact) mass is 274 g/mol. The number of nitrogens with one attached hydrogen (secondary N) is 1. The molecule has 0 spiro atoms. The minimum absolute atomic E-state index is 0.0944. The minimum Gasteiger partial charge on any atom is -0.381 e. The lowest BCUT2D eigenvalue weighted by Gasteiger charge is -2.08. The topological polar surface area (TPSA) is 55.2 Å². The smallest absolute Gasteiger partial charge is 0.272 e. The molecule has 0 aliphatic rings. The van der Waals surface area contributed by atoms with Gasteiger partial charge in [0.1, 0.15) is 5.82 Å². The van der Waals surface area contributed by atoms with Gasteiger partial charge in [-0.3, -0.25) is 10.1 Å². The minimum atomic E-state index is -0.408. The van der Waals surface area contributed by atoms with Crippen molar-refractivity contribution >= 4 is 11.4 Å². The normalized spacial score (nSPS) is 10.3. The third kappa shape index (κ3) is 3.12. The Kier molecular flexibility index (Phi) is 3.98. The number of nitrogens with zero attached hydrogens (tertiary/aromatic N) is 1. The molecule has 0 saturated heterocycles. The van der Waals surface area contributed by atoms with Crippen LogP contribution in [0, 0.1) is 29.8 Å². The van der Waals surface area contributed by atoms with Crippen molar-refractivity contribution in [1.82, 2.24) is 0 Å². The van der Waals surface area contributed by atoms with Gasteiger partial charge in [-0.25, -0.2) is 4.39 Å². The molecule has 2 rings (SSSR count). The molecule has 0 saturated carbocycles. The van der Waals surface area contributed by atoms with Crippen LogP contribution in [0.1, 0.15) is 16.7 Å². The maximum Gasteiger partial charge on any atom is 0.272 e. The molecule has 0 fully saturated rings. The fraction of sp³-hybridized carbons (Fsp3) is 0.200. The fourth-order valence-electron chi connectivity index (χ4n) is 1.92. The van der Waals surface area contributed by atoms with Gasteiger partial charge in [-0.2, -0.15) is 0 Å². The molecule has 20 heavy (non-hydrogen) atoms. The van der Waals surface area contributed by atoms with E-state index in [0.717, 1.165) is 11.3 Å². The summed E-state index contributed by atoms with van der Waals surface area (Å²) in [5.41, 5.74) is 2.89. The quantitative estimate of drug-likeness (QED) is 0.678. The van der Waals surface area contributed by atoms with E-state index in [2.05, 4.69) is 5.32 Å². The molecular formula is C15H15FN2O2. The van der Waals surface area contributed by atoms with E-state index in [1.165, 1.54) is 12.1 Å². The average molecular weight is 274 g/mol. The molecule has 104 valence electrons. The van der Waals surface area contributed by atoms with Gasteiger partial charge in [0, 0.05) is 23.9 Å². The van der Waals surface area contributed by atoms with Crippen molar-refractivity contribution in [3.63, 3.8) is 0 Å². The van der Waals surface area contributed by atoms with Gasteiger partial charge in [0.05, 0.1) is 4.92 Å². The van der Waals surface area contributed by atoms with Gasteiger partial charge in [-0.15, -0.1) is 0 Å². The third-order valence-electron chi connectivity index (χ3n) is 3.13. The van der Waals surface area contributed by atoms with Crippen molar-refractivity contribution in [2.24, 2.45) is 0 Å². The maximum atomic E-state index is 13.4. The molecule has 4 nitrogen and oxygen atoms in total. The van der Waals surface area contributed by atoms with E-state index < -0.39 is 4.92 Å². The van der Waals surface area contributed by atoms with E-state index in [1.807, 2.05) is 6.07 Å². The molecule has 0 aromatic heterocycles. The summed E-state index contributed by atoms with van der Waals surface area (Å²) in [4.78, 5) is 10.3. The molecule has 5 heteroatoms. The first-order valence-corrected chi connectivity index (χ1v) is 6.21. The predicted molar refractivity (Wildman–Crippen MR) is 76.3 cm³/mol. The van der Waals surface area contributed by atoms with E-state index in [1.54, 1.807) is 32.0 Å². The van der Waals surface area contributed by atoms with E-state index in [-0.39, 0.29) is 11.5 Å². The van der Waals surface area contributed by atoms with Gasteiger partial charge in [0.2, 0.25) is 0 Å². The van der Waals surface area contributed by atoms with Crippen LogP contribution < -0.4 is 5.32 Å². The van der Waals surface area contributed by atoms with Crippen molar-refractivity contribution in [1.29, 1.82) is 0 Å². The van der Waals surface area contributed by atoms with Crippen molar-refractivity contribution in [2.45, 2.75) is 20.4 Å². The molecular weight excluding hydrogens is 259 g/mol. The van der Waals surface area contributed by atoms with Crippen LogP contribution in [-0.4, -0.2) is 4.92 Å². The van der Waals surface area contributed by atoms with E-state index in [9.17, 15) is 14.5 Å². The van der Waals surface area contributed by atoms with E-state index >= 15 is 0 Å². The lowest BCUT2D eigenvalue weighted by Crippen LogP contribution is -2.01. The number of hydrogen-bond acceptors (Lipinski definition) is 3. The molecule has 0 heterocycles. The van der Waals surface area contributed by atoms with Crippen LogP contribution in [0.25, 0.3) is 0 Å². The first kappa shape index (κ1) is 14.0. The molecule has 0 atom stereocenters. The molecule has 0 amide bonds. The largest absolute Gasteiger partial charge is 0.381 e.